The summed E-state index contributed by atoms with van der Waals surface area (Å²) in [5, 5.41) is 0.537. The molecule has 0 spiro atoms. The van der Waals surface area contributed by atoms with Gasteiger partial charge in [-0.2, -0.15) is 0 Å². The first-order chi connectivity index (χ1) is 11.4. The van der Waals surface area contributed by atoms with Crippen molar-refractivity contribution in [3.05, 3.63) is 65.8 Å². The minimum atomic E-state index is -3.20. The van der Waals surface area contributed by atoms with Crippen LogP contribution in [-0.4, -0.2) is 26.4 Å². The lowest BCUT2D eigenvalue weighted by Crippen LogP contribution is -1.99. The first-order valence-corrected chi connectivity index (χ1v) is 9.49. The number of hydrogen-bond acceptors (Lipinski definition) is 3. The molecule has 4 nitrogen and oxygen atoms in total. The van der Waals surface area contributed by atoms with Crippen LogP contribution in [0.2, 0.25) is 5.02 Å². The lowest BCUT2D eigenvalue weighted by Gasteiger charge is -2.11. The van der Waals surface area contributed by atoms with Crippen LogP contribution in [0.4, 0.5) is 0 Å². The molecule has 2 aromatic carbocycles. The Morgan fingerprint density at radius 2 is 1.75 bits per heavy atom. The fraction of sp³-hybridized carbons (Fsp3) is 0.111. The minimum absolute atomic E-state index is 0.299. The van der Waals surface area contributed by atoms with E-state index in [1.165, 1.54) is 6.26 Å². The summed E-state index contributed by atoms with van der Waals surface area (Å²) in [5.41, 5.74) is 2.76. The summed E-state index contributed by atoms with van der Waals surface area (Å²) in [4.78, 5) is 0.299. The fourth-order valence-corrected chi connectivity index (χ4v) is 3.41. The number of rotatable bonds is 4. The Morgan fingerprint density at radius 3 is 2.33 bits per heavy atom. The molecular formula is C18H16ClNO3S. The lowest BCUT2D eigenvalue weighted by molar-refractivity contribution is 0.415. The lowest BCUT2D eigenvalue weighted by atomic mass is 10.1. The van der Waals surface area contributed by atoms with Gasteiger partial charge < -0.3 is 9.30 Å². The van der Waals surface area contributed by atoms with E-state index >= 15 is 0 Å². The van der Waals surface area contributed by atoms with Crippen LogP contribution in [0.15, 0.2) is 65.7 Å². The largest absolute Gasteiger partial charge is 0.495 e. The van der Waals surface area contributed by atoms with Gasteiger partial charge in [0.05, 0.1) is 22.7 Å². The summed E-state index contributed by atoms with van der Waals surface area (Å²) >= 11 is 6.21. The summed E-state index contributed by atoms with van der Waals surface area (Å²) in [6.07, 6.45) is 3.12. The highest BCUT2D eigenvalue weighted by molar-refractivity contribution is 7.90. The van der Waals surface area contributed by atoms with Crippen molar-refractivity contribution in [2.45, 2.75) is 4.90 Å². The van der Waals surface area contributed by atoms with Crippen LogP contribution in [0.3, 0.4) is 0 Å². The van der Waals surface area contributed by atoms with Gasteiger partial charge in [0.25, 0.3) is 0 Å². The quantitative estimate of drug-likeness (QED) is 0.699. The Kier molecular flexibility index (Phi) is 4.39. The molecular weight excluding hydrogens is 346 g/mol. The fourth-order valence-electron chi connectivity index (χ4n) is 2.52. The predicted molar refractivity (Wildman–Crippen MR) is 95.9 cm³/mol. The van der Waals surface area contributed by atoms with E-state index in [1.54, 1.807) is 31.4 Å². The van der Waals surface area contributed by atoms with E-state index in [1.807, 2.05) is 41.1 Å². The Hall–Kier alpha value is -2.24. The van der Waals surface area contributed by atoms with Crippen LogP contribution in [0.25, 0.3) is 16.9 Å². The van der Waals surface area contributed by atoms with Gasteiger partial charge in [-0.05, 0) is 54.6 Å². The molecule has 0 amide bonds. The maximum atomic E-state index is 11.6. The van der Waals surface area contributed by atoms with E-state index in [0.29, 0.717) is 15.7 Å². The number of nitrogens with zero attached hydrogens (tertiary/aromatic N) is 1. The number of hydrogen-bond donors (Lipinski definition) is 0. The predicted octanol–water partition coefficient (Wildman–Crippen LogP) is 4.21. The molecule has 0 atom stereocenters. The van der Waals surface area contributed by atoms with E-state index in [9.17, 15) is 8.42 Å². The zero-order chi connectivity index (χ0) is 17.3. The molecule has 0 saturated heterocycles. The molecule has 0 bridgehead atoms. The molecule has 0 N–H and O–H groups in total. The van der Waals surface area contributed by atoms with Gasteiger partial charge in [-0.15, -0.1) is 0 Å². The van der Waals surface area contributed by atoms with Crippen LogP contribution in [0, 0.1) is 0 Å². The molecule has 124 valence electrons. The Morgan fingerprint density at radius 1 is 1.04 bits per heavy atom. The van der Waals surface area contributed by atoms with Crippen molar-refractivity contribution in [1.82, 2.24) is 4.57 Å². The third-order valence-corrected chi connectivity index (χ3v) is 5.16. The van der Waals surface area contributed by atoms with Gasteiger partial charge in [-0.25, -0.2) is 8.42 Å². The average molecular weight is 362 g/mol. The second kappa shape index (κ2) is 6.34. The van der Waals surface area contributed by atoms with E-state index in [0.717, 1.165) is 16.9 Å². The van der Waals surface area contributed by atoms with Gasteiger partial charge in [0.1, 0.15) is 5.75 Å². The van der Waals surface area contributed by atoms with Crippen molar-refractivity contribution in [2.24, 2.45) is 0 Å². The second-order valence-electron chi connectivity index (χ2n) is 5.38. The summed E-state index contributed by atoms with van der Waals surface area (Å²) in [6, 6.07) is 16.3. The van der Waals surface area contributed by atoms with Crippen LogP contribution in [0.5, 0.6) is 5.75 Å². The molecule has 24 heavy (non-hydrogen) atoms. The van der Waals surface area contributed by atoms with Crippen LogP contribution in [-0.2, 0) is 9.84 Å². The third kappa shape index (κ3) is 3.18. The molecule has 0 saturated carbocycles. The van der Waals surface area contributed by atoms with Crippen LogP contribution >= 0.6 is 11.6 Å². The van der Waals surface area contributed by atoms with Crippen molar-refractivity contribution in [2.75, 3.05) is 13.4 Å². The van der Waals surface area contributed by atoms with Crippen molar-refractivity contribution in [3.63, 3.8) is 0 Å². The summed E-state index contributed by atoms with van der Waals surface area (Å²) < 4.78 is 30.3. The number of benzene rings is 2. The number of methoxy groups -OCH3 is 1. The molecule has 6 heteroatoms. The molecule has 0 aliphatic heterocycles. The molecule has 0 radical (unpaired) electrons. The molecule has 0 aliphatic rings. The normalized spacial score (nSPS) is 11.5. The van der Waals surface area contributed by atoms with E-state index in [2.05, 4.69) is 0 Å². The maximum Gasteiger partial charge on any atom is 0.175 e. The molecule has 0 aliphatic carbocycles. The van der Waals surface area contributed by atoms with Crippen molar-refractivity contribution >= 4 is 21.4 Å². The SMILES string of the molecule is COc1ccc(-c2cccn2-c2ccc(S(C)(=O)=O)cc2)cc1Cl. The molecule has 3 rings (SSSR count). The van der Waals surface area contributed by atoms with Gasteiger partial charge in [0.15, 0.2) is 9.84 Å². The van der Waals surface area contributed by atoms with Crippen LogP contribution < -0.4 is 4.74 Å². The highest BCUT2D eigenvalue weighted by Gasteiger charge is 2.11. The topological polar surface area (TPSA) is 48.3 Å². The van der Waals surface area contributed by atoms with Gasteiger partial charge in [-0.1, -0.05) is 11.6 Å². The highest BCUT2D eigenvalue weighted by atomic mass is 35.5. The van der Waals surface area contributed by atoms with Gasteiger partial charge >= 0.3 is 0 Å². The zero-order valence-corrected chi connectivity index (χ0v) is 14.8. The summed E-state index contributed by atoms with van der Waals surface area (Å²) in [7, 11) is -1.63. The van der Waals surface area contributed by atoms with Crippen molar-refractivity contribution < 1.29 is 13.2 Å². The number of halogens is 1. The standard InChI is InChI=1S/C18H16ClNO3S/c1-23-18-10-5-13(12-16(18)19)17-4-3-11-20(17)14-6-8-15(9-7-14)24(2,21)22/h3-12H,1-2H3. The first-order valence-electron chi connectivity index (χ1n) is 7.22. The number of aromatic nitrogens is 1. The smallest absolute Gasteiger partial charge is 0.175 e. The molecule has 0 unspecified atom stereocenters. The van der Waals surface area contributed by atoms with Gasteiger partial charge in [0, 0.05) is 23.7 Å². The molecule has 0 fully saturated rings. The first kappa shape index (κ1) is 16.6. The minimum Gasteiger partial charge on any atom is -0.495 e. The van der Waals surface area contributed by atoms with E-state index in [4.69, 9.17) is 16.3 Å². The Bertz CT molecular complexity index is 976. The van der Waals surface area contributed by atoms with E-state index in [-0.39, 0.29) is 0 Å². The molecule has 1 heterocycles. The average Bonchev–Trinajstić information content (AvgIpc) is 3.03. The highest BCUT2D eigenvalue weighted by Crippen LogP contribution is 2.31. The Balaban J connectivity index is 2.03. The summed E-state index contributed by atoms with van der Waals surface area (Å²) in [6.45, 7) is 0. The zero-order valence-electron chi connectivity index (χ0n) is 13.2. The second-order valence-corrected chi connectivity index (χ2v) is 7.80. The summed E-state index contributed by atoms with van der Waals surface area (Å²) in [5.74, 6) is 0.621. The van der Waals surface area contributed by atoms with Crippen molar-refractivity contribution in [1.29, 1.82) is 0 Å². The molecule has 3 aromatic rings. The van der Waals surface area contributed by atoms with E-state index < -0.39 is 9.84 Å². The van der Waals surface area contributed by atoms with Gasteiger partial charge in [0.2, 0.25) is 0 Å². The van der Waals surface area contributed by atoms with Crippen molar-refractivity contribution in [3.8, 4) is 22.7 Å². The van der Waals surface area contributed by atoms with Gasteiger partial charge in [-0.3, -0.25) is 0 Å². The molecule has 1 aromatic heterocycles. The van der Waals surface area contributed by atoms with Crippen LogP contribution in [0.1, 0.15) is 0 Å². The number of ether oxygens (including phenoxy) is 1. The Labute approximate surface area is 146 Å². The number of sulfone groups is 1. The third-order valence-electron chi connectivity index (χ3n) is 3.74. The monoisotopic (exact) mass is 361 g/mol. The maximum absolute atomic E-state index is 11.6.